The van der Waals surface area contributed by atoms with Crippen LogP contribution in [0, 0.1) is 5.41 Å². The molecular formula is C5H12IN5. The fraction of sp³-hybridized carbons (Fsp3) is 0.600. The molecule has 0 unspecified atom stereocenters. The van der Waals surface area contributed by atoms with Crippen molar-refractivity contribution in [1.29, 1.82) is 5.41 Å². The van der Waals surface area contributed by atoms with Crippen LogP contribution in [0.2, 0.25) is 0 Å². The molecule has 0 aliphatic heterocycles. The van der Waals surface area contributed by atoms with Crippen molar-refractivity contribution in [3.8, 4) is 0 Å². The van der Waals surface area contributed by atoms with Crippen LogP contribution >= 0.6 is 22.9 Å². The Morgan fingerprint density at radius 1 is 1.64 bits per heavy atom. The summed E-state index contributed by atoms with van der Waals surface area (Å²) in [5.41, 5.74) is 10.5. The van der Waals surface area contributed by atoms with Gasteiger partial charge in [-0.05, 0) is 6.42 Å². The van der Waals surface area contributed by atoms with Gasteiger partial charge in [-0.2, -0.15) is 4.99 Å². The molecule has 0 fully saturated rings. The Morgan fingerprint density at radius 2 is 2.18 bits per heavy atom. The van der Waals surface area contributed by atoms with Crippen molar-refractivity contribution < 1.29 is 0 Å². The Labute approximate surface area is 79.8 Å². The van der Waals surface area contributed by atoms with Crippen LogP contribution in [0.15, 0.2) is 4.99 Å². The minimum atomic E-state index is -0.264. The molecule has 0 radical (unpaired) electrons. The number of hydrogen-bond acceptors (Lipinski definition) is 1. The van der Waals surface area contributed by atoms with Crippen molar-refractivity contribution in [3.05, 3.63) is 0 Å². The number of guanidine groups is 2. The second kappa shape index (κ2) is 5.16. The van der Waals surface area contributed by atoms with Gasteiger partial charge in [-0.3, -0.25) is 8.52 Å². The summed E-state index contributed by atoms with van der Waals surface area (Å²) in [7, 11) is 0. The number of rotatable bonds is 2. The third-order valence-corrected chi connectivity index (χ3v) is 1.88. The molecule has 0 saturated carbocycles. The molecule has 0 amide bonds. The maximum atomic E-state index is 6.83. The molecule has 0 atom stereocenters. The SMILES string of the molecule is CCCN(I)/C(N)=N/C(=N)N. The molecule has 0 spiro atoms. The number of nitrogens with zero attached hydrogens (tertiary/aromatic N) is 2. The van der Waals surface area contributed by atoms with Crippen LogP contribution in [0.4, 0.5) is 0 Å². The van der Waals surface area contributed by atoms with Gasteiger partial charge in [0.05, 0.1) is 22.9 Å². The van der Waals surface area contributed by atoms with Crippen molar-refractivity contribution in [2.75, 3.05) is 6.54 Å². The number of nitrogens with two attached hydrogens (primary N) is 2. The lowest BCUT2D eigenvalue weighted by atomic mass is 10.5. The zero-order valence-corrected chi connectivity index (χ0v) is 8.50. The van der Waals surface area contributed by atoms with E-state index >= 15 is 0 Å². The number of halogens is 1. The number of aliphatic imine (C=N–C) groups is 1. The predicted molar refractivity (Wildman–Crippen MR) is 54.6 cm³/mol. The van der Waals surface area contributed by atoms with E-state index in [4.69, 9.17) is 16.9 Å². The molecule has 0 aromatic carbocycles. The summed E-state index contributed by atoms with van der Waals surface area (Å²) in [6.07, 6.45) is 0.983. The van der Waals surface area contributed by atoms with Crippen LogP contribution in [-0.2, 0) is 0 Å². The van der Waals surface area contributed by atoms with Crippen molar-refractivity contribution >= 4 is 34.8 Å². The van der Waals surface area contributed by atoms with Gasteiger partial charge >= 0.3 is 0 Å². The van der Waals surface area contributed by atoms with Crippen LogP contribution in [0.3, 0.4) is 0 Å². The number of hydrogen-bond donors (Lipinski definition) is 3. The van der Waals surface area contributed by atoms with E-state index in [0.29, 0.717) is 0 Å². The highest BCUT2D eigenvalue weighted by molar-refractivity contribution is 14.1. The Bertz CT molecular complexity index is 166. The van der Waals surface area contributed by atoms with Crippen LogP contribution in [0.25, 0.3) is 0 Å². The lowest BCUT2D eigenvalue weighted by Gasteiger charge is -2.12. The van der Waals surface area contributed by atoms with E-state index in [1.807, 2.05) is 29.8 Å². The third-order valence-electron chi connectivity index (χ3n) is 0.904. The van der Waals surface area contributed by atoms with E-state index in [9.17, 15) is 0 Å². The molecule has 0 bridgehead atoms. The van der Waals surface area contributed by atoms with E-state index in [0.717, 1.165) is 13.0 Å². The Balaban J connectivity index is 4.00. The van der Waals surface area contributed by atoms with E-state index in [2.05, 4.69) is 4.99 Å². The lowest BCUT2D eigenvalue weighted by molar-refractivity contribution is 0.685. The standard InChI is InChI=1S/C5H12IN5/c1-2-3-11(6)5(9)10-4(7)8/h2-3H2,1H3,(H5,7,8,9,10). The van der Waals surface area contributed by atoms with Crippen molar-refractivity contribution in [2.45, 2.75) is 13.3 Å². The summed E-state index contributed by atoms with van der Waals surface area (Å²) in [5, 5.41) is 6.83. The molecule has 0 aromatic rings. The summed E-state index contributed by atoms with van der Waals surface area (Å²) in [6, 6.07) is 0. The van der Waals surface area contributed by atoms with E-state index in [1.54, 1.807) is 3.11 Å². The Morgan fingerprint density at radius 3 is 2.55 bits per heavy atom. The molecule has 0 aliphatic rings. The molecular weight excluding hydrogens is 257 g/mol. The summed E-state index contributed by atoms with van der Waals surface area (Å²) >= 11 is 2.03. The summed E-state index contributed by atoms with van der Waals surface area (Å²) in [4.78, 5) is 3.57. The van der Waals surface area contributed by atoms with Crippen molar-refractivity contribution in [3.63, 3.8) is 0 Å². The molecule has 64 valence electrons. The first-order valence-electron chi connectivity index (χ1n) is 3.19. The number of nitrogens with one attached hydrogen (secondary N) is 1. The van der Waals surface area contributed by atoms with E-state index < -0.39 is 0 Å². The minimum absolute atomic E-state index is 0.264. The zero-order valence-electron chi connectivity index (χ0n) is 6.34. The topological polar surface area (TPSA) is 91.5 Å². The van der Waals surface area contributed by atoms with Gasteiger partial charge in [0.2, 0.25) is 11.9 Å². The largest absolute Gasteiger partial charge is 0.369 e. The van der Waals surface area contributed by atoms with Crippen LogP contribution in [-0.4, -0.2) is 21.6 Å². The summed E-state index contributed by atoms with van der Waals surface area (Å²) in [6.45, 7) is 2.84. The monoisotopic (exact) mass is 269 g/mol. The zero-order chi connectivity index (χ0) is 8.85. The predicted octanol–water partition coefficient (Wildman–Crippen LogP) is 0.257. The molecule has 0 saturated heterocycles. The van der Waals surface area contributed by atoms with Gasteiger partial charge in [-0.15, -0.1) is 0 Å². The van der Waals surface area contributed by atoms with Gasteiger partial charge in [0, 0.05) is 6.54 Å². The van der Waals surface area contributed by atoms with Crippen LogP contribution in [0.5, 0.6) is 0 Å². The quantitative estimate of drug-likeness (QED) is 0.290. The minimum Gasteiger partial charge on any atom is -0.369 e. The lowest BCUT2D eigenvalue weighted by Crippen LogP contribution is -2.31. The molecule has 5 N–H and O–H groups in total. The second-order valence-corrected chi connectivity index (χ2v) is 3.11. The van der Waals surface area contributed by atoms with Gasteiger partial charge in [-0.1, -0.05) is 6.92 Å². The molecule has 11 heavy (non-hydrogen) atoms. The first kappa shape index (κ1) is 10.5. The average molecular weight is 269 g/mol. The summed E-state index contributed by atoms with van der Waals surface area (Å²) in [5.74, 6) is 0.0141. The Hall–Kier alpha value is -0.530. The van der Waals surface area contributed by atoms with Gasteiger partial charge in [0.15, 0.2) is 0 Å². The van der Waals surface area contributed by atoms with Gasteiger partial charge < -0.3 is 11.5 Å². The van der Waals surface area contributed by atoms with Crippen molar-refractivity contribution in [2.24, 2.45) is 16.5 Å². The normalized spacial score (nSPS) is 11.3. The maximum absolute atomic E-state index is 6.83. The highest BCUT2D eigenvalue weighted by atomic mass is 127. The van der Waals surface area contributed by atoms with Gasteiger partial charge in [0.25, 0.3) is 0 Å². The van der Waals surface area contributed by atoms with E-state index in [1.165, 1.54) is 0 Å². The fourth-order valence-corrected chi connectivity index (χ4v) is 1.08. The fourth-order valence-electron chi connectivity index (χ4n) is 0.489. The van der Waals surface area contributed by atoms with Gasteiger partial charge in [-0.25, -0.2) is 0 Å². The molecule has 0 heterocycles. The van der Waals surface area contributed by atoms with Gasteiger partial charge in [0.1, 0.15) is 0 Å². The highest BCUT2D eigenvalue weighted by Gasteiger charge is 2.01. The van der Waals surface area contributed by atoms with E-state index in [-0.39, 0.29) is 11.9 Å². The molecule has 6 heteroatoms. The molecule has 0 rings (SSSR count). The first-order chi connectivity index (χ1) is 5.07. The van der Waals surface area contributed by atoms with Crippen LogP contribution < -0.4 is 11.5 Å². The molecule has 5 nitrogen and oxygen atoms in total. The highest BCUT2D eigenvalue weighted by Crippen LogP contribution is 1.98. The first-order valence-corrected chi connectivity index (χ1v) is 4.16. The smallest absolute Gasteiger partial charge is 0.215 e. The summed E-state index contributed by atoms with van der Waals surface area (Å²) < 4.78 is 1.72. The molecule has 0 aliphatic carbocycles. The van der Waals surface area contributed by atoms with Crippen LogP contribution in [0.1, 0.15) is 13.3 Å². The average Bonchev–Trinajstić information content (AvgIpc) is 1.86. The third kappa shape index (κ3) is 4.82. The van der Waals surface area contributed by atoms with Crippen molar-refractivity contribution in [1.82, 2.24) is 3.11 Å². The molecule has 0 aromatic heterocycles. The Kier molecular flexibility index (Phi) is 4.92. The second-order valence-electron chi connectivity index (χ2n) is 1.94. The maximum Gasteiger partial charge on any atom is 0.215 e.